The van der Waals surface area contributed by atoms with Crippen molar-refractivity contribution in [3.8, 4) is 5.75 Å². The molecule has 1 N–H and O–H groups in total. The van der Waals surface area contributed by atoms with Crippen LogP contribution in [0.15, 0.2) is 22.7 Å². The van der Waals surface area contributed by atoms with Crippen molar-refractivity contribution in [1.29, 1.82) is 0 Å². The van der Waals surface area contributed by atoms with E-state index >= 15 is 0 Å². The summed E-state index contributed by atoms with van der Waals surface area (Å²) in [7, 11) is 1.65. The summed E-state index contributed by atoms with van der Waals surface area (Å²) in [4.78, 5) is 4.12. The fraction of sp³-hybridized carbons (Fsp3) is 0.333. The van der Waals surface area contributed by atoms with Gasteiger partial charge in [0.25, 0.3) is 0 Å². The molecule has 1 aromatic heterocycles. The molecular weight excluding hydrogens is 218 g/mol. The summed E-state index contributed by atoms with van der Waals surface area (Å²) in [5.41, 5.74) is 2.09. The first-order valence-corrected chi connectivity index (χ1v) is 5.37. The van der Waals surface area contributed by atoms with E-state index in [2.05, 4.69) is 15.5 Å². The Labute approximate surface area is 99.8 Å². The Kier molecular flexibility index (Phi) is 3.27. The summed E-state index contributed by atoms with van der Waals surface area (Å²) in [6, 6.07) is 5.95. The van der Waals surface area contributed by atoms with Gasteiger partial charge < -0.3 is 14.6 Å². The average Bonchev–Trinajstić information content (AvgIpc) is 2.73. The van der Waals surface area contributed by atoms with E-state index in [0.717, 1.165) is 17.0 Å². The molecule has 5 heteroatoms. The van der Waals surface area contributed by atoms with Crippen molar-refractivity contribution in [2.75, 3.05) is 12.4 Å². The second kappa shape index (κ2) is 4.86. The highest BCUT2D eigenvalue weighted by atomic mass is 16.5. The summed E-state index contributed by atoms with van der Waals surface area (Å²) < 4.78 is 10.2. The molecular formula is C12H15N3O2. The first-order chi connectivity index (χ1) is 8.19. The minimum absolute atomic E-state index is 0.511. The molecule has 5 nitrogen and oxygen atoms in total. The Hall–Kier alpha value is -2.04. The predicted octanol–water partition coefficient (Wildman–Crippen LogP) is 2.31. The summed E-state index contributed by atoms with van der Waals surface area (Å²) in [6.07, 6.45) is 0. The Morgan fingerprint density at radius 3 is 2.82 bits per heavy atom. The topological polar surface area (TPSA) is 60.2 Å². The number of aryl methyl sites for hydroxylation is 2. The van der Waals surface area contributed by atoms with Gasteiger partial charge in [-0.25, -0.2) is 0 Å². The van der Waals surface area contributed by atoms with Crippen molar-refractivity contribution in [3.05, 3.63) is 35.5 Å². The van der Waals surface area contributed by atoms with Crippen molar-refractivity contribution in [2.45, 2.75) is 20.4 Å². The van der Waals surface area contributed by atoms with E-state index < -0.39 is 0 Å². The van der Waals surface area contributed by atoms with Gasteiger partial charge in [0, 0.05) is 6.92 Å². The molecule has 0 aliphatic carbocycles. The van der Waals surface area contributed by atoms with E-state index in [1.54, 1.807) is 14.0 Å². The van der Waals surface area contributed by atoms with Gasteiger partial charge in [0.1, 0.15) is 5.75 Å². The molecule has 0 spiro atoms. The standard InChI is InChI=1S/C12H15N3O2/c1-8-4-5-11(16-3)10(6-8)13-7-12-14-9(2)17-15-12/h4-6,13H,7H2,1-3H3. The zero-order chi connectivity index (χ0) is 12.3. The molecule has 0 amide bonds. The lowest BCUT2D eigenvalue weighted by Gasteiger charge is -2.10. The minimum Gasteiger partial charge on any atom is -0.495 e. The Morgan fingerprint density at radius 2 is 2.18 bits per heavy atom. The van der Waals surface area contributed by atoms with Gasteiger partial charge in [0.15, 0.2) is 5.82 Å². The lowest BCUT2D eigenvalue weighted by molar-refractivity contribution is 0.388. The largest absolute Gasteiger partial charge is 0.495 e. The second-order valence-electron chi connectivity index (χ2n) is 3.79. The van der Waals surface area contributed by atoms with Gasteiger partial charge in [-0.3, -0.25) is 0 Å². The molecule has 1 heterocycles. The first kappa shape index (κ1) is 11.4. The van der Waals surface area contributed by atoms with Gasteiger partial charge in [0.2, 0.25) is 5.89 Å². The fourth-order valence-electron chi connectivity index (χ4n) is 1.55. The molecule has 0 saturated carbocycles. The monoisotopic (exact) mass is 233 g/mol. The van der Waals surface area contributed by atoms with E-state index in [4.69, 9.17) is 9.26 Å². The zero-order valence-corrected chi connectivity index (χ0v) is 10.2. The summed E-state index contributed by atoms with van der Waals surface area (Å²) in [5, 5.41) is 7.04. The van der Waals surface area contributed by atoms with Crippen molar-refractivity contribution in [3.63, 3.8) is 0 Å². The molecule has 0 aliphatic heterocycles. The van der Waals surface area contributed by atoms with Crippen LogP contribution < -0.4 is 10.1 Å². The lowest BCUT2D eigenvalue weighted by Crippen LogP contribution is -2.03. The van der Waals surface area contributed by atoms with Crippen molar-refractivity contribution in [1.82, 2.24) is 10.1 Å². The third-order valence-corrected chi connectivity index (χ3v) is 2.36. The highest BCUT2D eigenvalue weighted by molar-refractivity contribution is 5.57. The molecule has 0 aliphatic rings. The predicted molar refractivity (Wildman–Crippen MR) is 64.1 cm³/mol. The number of hydrogen-bond acceptors (Lipinski definition) is 5. The number of nitrogens with zero attached hydrogens (tertiary/aromatic N) is 2. The van der Waals surface area contributed by atoms with E-state index in [0.29, 0.717) is 18.3 Å². The maximum atomic E-state index is 5.27. The maximum absolute atomic E-state index is 5.27. The number of hydrogen-bond donors (Lipinski definition) is 1. The summed E-state index contributed by atoms with van der Waals surface area (Å²) in [5.74, 6) is 2.00. The molecule has 17 heavy (non-hydrogen) atoms. The second-order valence-corrected chi connectivity index (χ2v) is 3.79. The number of aromatic nitrogens is 2. The van der Waals surface area contributed by atoms with E-state index in [1.165, 1.54) is 0 Å². The number of rotatable bonds is 4. The van der Waals surface area contributed by atoms with Crippen LogP contribution in [0.3, 0.4) is 0 Å². The Morgan fingerprint density at radius 1 is 1.35 bits per heavy atom. The molecule has 2 aromatic rings. The van der Waals surface area contributed by atoms with Crippen molar-refractivity contribution < 1.29 is 9.26 Å². The maximum Gasteiger partial charge on any atom is 0.223 e. The summed E-state index contributed by atoms with van der Waals surface area (Å²) >= 11 is 0. The van der Waals surface area contributed by atoms with Gasteiger partial charge in [-0.2, -0.15) is 4.98 Å². The highest BCUT2D eigenvalue weighted by Gasteiger charge is 2.05. The van der Waals surface area contributed by atoms with Gasteiger partial charge in [-0.15, -0.1) is 0 Å². The number of benzene rings is 1. The van der Waals surface area contributed by atoms with Crippen molar-refractivity contribution >= 4 is 5.69 Å². The Bertz CT molecular complexity index is 508. The van der Waals surface area contributed by atoms with Crippen LogP contribution in [0, 0.1) is 13.8 Å². The quantitative estimate of drug-likeness (QED) is 0.878. The number of ether oxygens (including phenoxy) is 1. The van der Waals surface area contributed by atoms with Crippen LogP contribution in [0.4, 0.5) is 5.69 Å². The smallest absolute Gasteiger partial charge is 0.223 e. The lowest BCUT2D eigenvalue weighted by atomic mass is 10.2. The average molecular weight is 233 g/mol. The summed E-state index contributed by atoms with van der Waals surface area (Å²) in [6.45, 7) is 4.31. The normalized spacial score (nSPS) is 10.3. The van der Waals surface area contributed by atoms with Crippen LogP contribution in [-0.4, -0.2) is 17.3 Å². The molecule has 0 saturated heterocycles. The van der Waals surface area contributed by atoms with Crippen LogP contribution in [0.25, 0.3) is 0 Å². The Balaban J connectivity index is 2.10. The van der Waals surface area contributed by atoms with Gasteiger partial charge in [-0.05, 0) is 24.6 Å². The molecule has 0 atom stereocenters. The third-order valence-electron chi connectivity index (χ3n) is 2.36. The minimum atomic E-state index is 0.511. The van der Waals surface area contributed by atoms with Crippen LogP contribution in [-0.2, 0) is 6.54 Å². The highest BCUT2D eigenvalue weighted by Crippen LogP contribution is 2.25. The third kappa shape index (κ3) is 2.75. The number of nitrogens with one attached hydrogen (secondary N) is 1. The molecule has 0 unspecified atom stereocenters. The van der Waals surface area contributed by atoms with E-state index in [9.17, 15) is 0 Å². The molecule has 1 aromatic carbocycles. The molecule has 0 fully saturated rings. The fourth-order valence-corrected chi connectivity index (χ4v) is 1.55. The number of anilines is 1. The van der Waals surface area contributed by atoms with Gasteiger partial charge in [0.05, 0.1) is 19.3 Å². The van der Waals surface area contributed by atoms with Crippen LogP contribution in [0.5, 0.6) is 5.75 Å². The van der Waals surface area contributed by atoms with E-state index in [1.807, 2.05) is 25.1 Å². The number of methoxy groups -OCH3 is 1. The molecule has 0 bridgehead atoms. The van der Waals surface area contributed by atoms with E-state index in [-0.39, 0.29) is 0 Å². The SMILES string of the molecule is COc1ccc(C)cc1NCc1noc(C)n1. The first-order valence-electron chi connectivity index (χ1n) is 5.37. The van der Waals surface area contributed by atoms with Crippen LogP contribution in [0.1, 0.15) is 17.3 Å². The van der Waals surface area contributed by atoms with Gasteiger partial charge >= 0.3 is 0 Å². The zero-order valence-electron chi connectivity index (χ0n) is 10.2. The molecule has 0 radical (unpaired) electrons. The van der Waals surface area contributed by atoms with Crippen LogP contribution >= 0.6 is 0 Å². The van der Waals surface area contributed by atoms with Crippen molar-refractivity contribution in [2.24, 2.45) is 0 Å². The van der Waals surface area contributed by atoms with Crippen LogP contribution in [0.2, 0.25) is 0 Å². The molecule has 90 valence electrons. The molecule has 2 rings (SSSR count). The van der Waals surface area contributed by atoms with Gasteiger partial charge in [-0.1, -0.05) is 11.2 Å².